The van der Waals surface area contributed by atoms with Gasteiger partial charge in [0.25, 0.3) is 5.56 Å². The summed E-state index contributed by atoms with van der Waals surface area (Å²) < 4.78 is 11.9. The molecule has 1 fully saturated rings. The number of esters is 1. The maximum Gasteiger partial charge on any atom is 0.361 e. The number of rotatable bonds is 6. The summed E-state index contributed by atoms with van der Waals surface area (Å²) in [6.45, 7) is 3.97. The minimum atomic E-state index is -0.628. The van der Waals surface area contributed by atoms with Crippen molar-refractivity contribution < 1.29 is 14.3 Å². The maximum absolute atomic E-state index is 12.7. The molecular formula is C17H27N3O4. The van der Waals surface area contributed by atoms with Crippen LogP contribution in [-0.4, -0.2) is 41.8 Å². The van der Waals surface area contributed by atoms with Crippen LogP contribution in [0.3, 0.4) is 0 Å². The number of ether oxygens (including phenoxy) is 2. The molecular weight excluding hydrogens is 310 g/mol. The second-order valence-electron chi connectivity index (χ2n) is 6.01. The number of hydrogen-bond donors (Lipinski definition) is 0. The molecule has 0 amide bonds. The van der Waals surface area contributed by atoms with Crippen LogP contribution in [0.1, 0.15) is 56.4 Å². The Bertz CT molecular complexity index is 635. The number of carbonyl (C=O) groups is 1. The van der Waals surface area contributed by atoms with Gasteiger partial charge in [-0.3, -0.25) is 9.36 Å². The van der Waals surface area contributed by atoms with Gasteiger partial charge in [0, 0.05) is 20.1 Å². The topological polar surface area (TPSA) is 73.7 Å². The summed E-state index contributed by atoms with van der Waals surface area (Å²) >= 11 is 0. The Balaban J connectivity index is 2.47. The van der Waals surface area contributed by atoms with Gasteiger partial charge in [0.2, 0.25) is 11.7 Å². The molecule has 0 spiro atoms. The Morgan fingerprint density at radius 2 is 1.92 bits per heavy atom. The number of hydrogen-bond acceptors (Lipinski definition) is 6. The number of carbonyl (C=O) groups excluding carboxylic acids is 1. The Kier molecular flexibility index (Phi) is 6.23. The van der Waals surface area contributed by atoms with Gasteiger partial charge in [0.15, 0.2) is 5.69 Å². The van der Waals surface area contributed by atoms with Crippen LogP contribution < -0.4 is 15.2 Å². The zero-order valence-corrected chi connectivity index (χ0v) is 15.0. The van der Waals surface area contributed by atoms with Crippen molar-refractivity contribution in [2.45, 2.75) is 52.0 Å². The first kappa shape index (κ1) is 18.3. The number of nitrogens with zero attached hydrogens (tertiary/aromatic N) is 3. The van der Waals surface area contributed by atoms with Gasteiger partial charge in [-0.15, -0.1) is 0 Å². The second kappa shape index (κ2) is 8.17. The van der Waals surface area contributed by atoms with Crippen LogP contribution in [0.2, 0.25) is 0 Å². The number of aromatic nitrogens is 2. The van der Waals surface area contributed by atoms with Crippen molar-refractivity contribution in [1.29, 1.82) is 0 Å². The predicted octanol–water partition coefficient (Wildman–Crippen LogP) is 2.12. The van der Waals surface area contributed by atoms with Crippen LogP contribution >= 0.6 is 0 Å². The zero-order valence-electron chi connectivity index (χ0n) is 15.0. The predicted molar refractivity (Wildman–Crippen MR) is 91.9 cm³/mol. The third-order valence-corrected chi connectivity index (χ3v) is 4.42. The van der Waals surface area contributed by atoms with E-state index in [1.165, 1.54) is 23.8 Å². The fourth-order valence-electron chi connectivity index (χ4n) is 3.13. The average Bonchev–Trinajstić information content (AvgIpc) is 2.59. The highest BCUT2D eigenvalue weighted by Gasteiger charge is 2.27. The lowest BCUT2D eigenvalue weighted by Crippen LogP contribution is -2.39. The van der Waals surface area contributed by atoms with Gasteiger partial charge >= 0.3 is 5.97 Å². The minimum Gasteiger partial charge on any atom is -0.486 e. The summed E-state index contributed by atoms with van der Waals surface area (Å²) in [5, 5.41) is 0. The van der Waals surface area contributed by atoms with E-state index in [9.17, 15) is 9.59 Å². The summed E-state index contributed by atoms with van der Waals surface area (Å²) in [6, 6.07) is 0.324. The van der Waals surface area contributed by atoms with Gasteiger partial charge in [-0.2, -0.15) is 0 Å². The Labute approximate surface area is 142 Å². The lowest BCUT2D eigenvalue weighted by molar-refractivity contribution is 0.0513. The van der Waals surface area contributed by atoms with Gasteiger partial charge in [0.1, 0.15) is 0 Å². The van der Waals surface area contributed by atoms with Crippen LogP contribution in [0, 0.1) is 0 Å². The molecule has 2 rings (SSSR count). The first-order chi connectivity index (χ1) is 11.5. The molecule has 134 valence electrons. The van der Waals surface area contributed by atoms with Crippen molar-refractivity contribution in [2.24, 2.45) is 7.05 Å². The fraction of sp³-hybridized carbons (Fsp3) is 0.706. The lowest BCUT2D eigenvalue weighted by atomic mass is 9.95. The molecule has 0 bridgehead atoms. The molecule has 1 aromatic rings. The molecule has 1 aliphatic rings. The molecule has 0 unspecified atom stereocenters. The first-order valence-corrected chi connectivity index (χ1v) is 8.65. The molecule has 1 heterocycles. The molecule has 7 heteroatoms. The Hall–Kier alpha value is -2.05. The van der Waals surface area contributed by atoms with Crippen LogP contribution in [0.5, 0.6) is 5.75 Å². The van der Waals surface area contributed by atoms with Crippen molar-refractivity contribution in [3.8, 4) is 5.75 Å². The van der Waals surface area contributed by atoms with Gasteiger partial charge < -0.3 is 14.4 Å². The fourth-order valence-corrected chi connectivity index (χ4v) is 3.13. The Morgan fingerprint density at radius 3 is 2.50 bits per heavy atom. The highest BCUT2D eigenvalue weighted by Crippen LogP contribution is 2.25. The molecule has 0 aromatic carbocycles. The van der Waals surface area contributed by atoms with E-state index < -0.39 is 5.97 Å². The van der Waals surface area contributed by atoms with Crippen molar-refractivity contribution in [2.75, 3.05) is 25.2 Å². The highest BCUT2D eigenvalue weighted by molar-refractivity contribution is 5.90. The van der Waals surface area contributed by atoms with Crippen LogP contribution in [0.15, 0.2) is 4.79 Å². The van der Waals surface area contributed by atoms with Gasteiger partial charge in [-0.05, 0) is 26.7 Å². The summed E-state index contributed by atoms with van der Waals surface area (Å²) in [5.41, 5.74) is -0.410. The van der Waals surface area contributed by atoms with Crippen LogP contribution in [-0.2, 0) is 11.8 Å². The summed E-state index contributed by atoms with van der Waals surface area (Å²) in [6.07, 6.45) is 5.71. The summed E-state index contributed by atoms with van der Waals surface area (Å²) in [5.74, 6) is -0.199. The van der Waals surface area contributed by atoms with E-state index in [0.717, 1.165) is 12.8 Å². The van der Waals surface area contributed by atoms with Gasteiger partial charge in [-0.1, -0.05) is 19.3 Å². The van der Waals surface area contributed by atoms with Gasteiger partial charge in [0.05, 0.1) is 13.2 Å². The van der Waals surface area contributed by atoms with Crippen molar-refractivity contribution >= 4 is 11.9 Å². The van der Waals surface area contributed by atoms with E-state index in [-0.39, 0.29) is 30.2 Å². The molecule has 7 nitrogen and oxygen atoms in total. The van der Waals surface area contributed by atoms with E-state index in [2.05, 4.69) is 4.98 Å². The minimum absolute atomic E-state index is 0.0422. The molecule has 1 aliphatic carbocycles. The Morgan fingerprint density at radius 1 is 1.25 bits per heavy atom. The molecule has 1 aromatic heterocycles. The van der Waals surface area contributed by atoms with Crippen molar-refractivity contribution in [3.63, 3.8) is 0 Å². The SMILES string of the molecule is CCOC(=O)c1nc(N(C)C2CCCCC2)n(C)c(=O)c1OCC. The normalized spacial score (nSPS) is 15.2. The first-order valence-electron chi connectivity index (χ1n) is 8.65. The molecule has 0 saturated heterocycles. The highest BCUT2D eigenvalue weighted by atomic mass is 16.5. The standard InChI is InChI=1S/C17H27N3O4/c1-5-23-14-13(16(22)24-6-2)18-17(20(4)15(14)21)19(3)12-10-8-7-9-11-12/h12H,5-11H2,1-4H3. The van der Waals surface area contributed by atoms with E-state index >= 15 is 0 Å². The van der Waals surface area contributed by atoms with E-state index in [0.29, 0.717) is 12.0 Å². The molecule has 1 saturated carbocycles. The summed E-state index contributed by atoms with van der Waals surface area (Å²) in [4.78, 5) is 31.3. The maximum atomic E-state index is 12.7. The average molecular weight is 337 g/mol. The monoisotopic (exact) mass is 337 g/mol. The van der Waals surface area contributed by atoms with E-state index in [1.807, 2.05) is 11.9 Å². The third-order valence-electron chi connectivity index (χ3n) is 4.42. The van der Waals surface area contributed by atoms with Crippen molar-refractivity contribution in [1.82, 2.24) is 9.55 Å². The molecule has 0 radical (unpaired) electrons. The molecule has 0 aliphatic heterocycles. The smallest absolute Gasteiger partial charge is 0.361 e. The van der Waals surface area contributed by atoms with E-state index in [4.69, 9.17) is 9.47 Å². The van der Waals surface area contributed by atoms with Crippen LogP contribution in [0.4, 0.5) is 5.95 Å². The van der Waals surface area contributed by atoms with Gasteiger partial charge in [-0.25, -0.2) is 9.78 Å². The van der Waals surface area contributed by atoms with Crippen molar-refractivity contribution in [3.05, 3.63) is 16.0 Å². The molecule has 24 heavy (non-hydrogen) atoms. The zero-order chi connectivity index (χ0) is 17.7. The lowest BCUT2D eigenvalue weighted by Gasteiger charge is -2.33. The summed E-state index contributed by atoms with van der Waals surface area (Å²) in [7, 11) is 3.58. The van der Waals surface area contributed by atoms with Crippen LogP contribution in [0.25, 0.3) is 0 Å². The third kappa shape index (κ3) is 3.71. The largest absolute Gasteiger partial charge is 0.486 e. The molecule has 0 N–H and O–H groups in total. The molecule has 0 atom stereocenters. The van der Waals surface area contributed by atoms with E-state index in [1.54, 1.807) is 20.9 Å². The quantitative estimate of drug-likeness (QED) is 0.740. The second-order valence-corrected chi connectivity index (χ2v) is 6.01. The number of anilines is 1.